The Hall–Kier alpha value is -2.17. The summed E-state index contributed by atoms with van der Waals surface area (Å²) in [4.78, 5) is 27.0. The normalized spacial score (nSPS) is 13.7. The lowest BCUT2D eigenvalue weighted by Crippen LogP contribution is -2.40. The number of hydrogen-bond acceptors (Lipinski definition) is 2. The van der Waals surface area contributed by atoms with Gasteiger partial charge in [-0.2, -0.15) is 0 Å². The number of carbonyl (C=O) groups is 2. The molecule has 1 aliphatic rings. The van der Waals surface area contributed by atoms with Gasteiger partial charge < -0.3 is 0 Å². The van der Waals surface area contributed by atoms with Crippen molar-refractivity contribution in [2.75, 3.05) is 4.90 Å². The number of para-hydroxylation sites is 1. The highest BCUT2D eigenvalue weighted by molar-refractivity contribution is 9.10. The van der Waals surface area contributed by atoms with Crippen LogP contribution in [0.15, 0.2) is 59.1 Å². The van der Waals surface area contributed by atoms with Crippen LogP contribution in [0.25, 0.3) is 10.8 Å². The van der Waals surface area contributed by atoms with E-state index in [4.69, 9.17) is 11.6 Å². The van der Waals surface area contributed by atoms with Crippen LogP contribution in [0.1, 0.15) is 20.7 Å². The van der Waals surface area contributed by atoms with Gasteiger partial charge in [-0.3, -0.25) is 9.59 Å². The molecule has 3 aromatic carbocycles. The van der Waals surface area contributed by atoms with E-state index in [0.29, 0.717) is 27.2 Å². The first kappa shape index (κ1) is 14.4. The second-order valence-corrected chi connectivity index (χ2v) is 6.48. The molecule has 0 aliphatic carbocycles. The average Bonchev–Trinajstić information content (AvgIpc) is 2.56. The van der Waals surface area contributed by atoms with E-state index in [1.807, 2.05) is 18.2 Å². The molecule has 0 radical (unpaired) electrons. The van der Waals surface area contributed by atoms with Crippen LogP contribution >= 0.6 is 27.5 Å². The number of halogens is 2. The van der Waals surface area contributed by atoms with E-state index < -0.39 is 0 Å². The van der Waals surface area contributed by atoms with Crippen LogP contribution in [0.4, 0.5) is 5.69 Å². The summed E-state index contributed by atoms with van der Waals surface area (Å²) < 4.78 is 0.852. The lowest BCUT2D eigenvalue weighted by molar-refractivity contribution is 0.0893. The van der Waals surface area contributed by atoms with Crippen molar-refractivity contribution in [3.05, 3.63) is 75.2 Å². The van der Waals surface area contributed by atoms with Gasteiger partial charge in [0.2, 0.25) is 0 Å². The molecule has 0 saturated heterocycles. The van der Waals surface area contributed by atoms with Gasteiger partial charge in [0.25, 0.3) is 11.8 Å². The Morgan fingerprint density at radius 2 is 1.52 bits per heavy atom. The molecule has 0 fully saturated rings. The van der Waals surface area contributed by atoms with E-state index in [-0.39, 0.29) is 11.8 Å². The molecule has 4 rings (SSSR count). The summed E-state index contributed by atoms with van der Waals surface area (Å²) >= 11 is 9.66. The van der Waals surface area contributed by atoms with Crippen LogP contribution in [0, 0.1) is 0 Å². The first-order valence-corrected chi connectivity index (χ1v) is 8.11. The minimum absolute atomic E-state index is 0.362. The Balaban J connectivity index is 2.04. The molecule has 5 heteroatoms. The zero-order chi connectivity index (χ0) is 16.1. The first-order valence-electron chi connectivity index (χ1n) is 6.94. The third-order valence-electron chi connectivity index (χ3n) is 3.95. The van der Waals surface area contributed by atoms with Crippen molar-refractivity contribution in [3.8, 4) is 0 Å². The van der Waals surface area contributed by atoms with Crippen molar-refractivity contribution in [2.45, 2.75) is 0 Å². The Bertz CT molecular complexity index is 977. The highest BCUT2D eigenvalue weighted by atomic mass is 79.9. The van der Waals surface area contributed by atoms with E-state index in [1.165, 1.54) is 0 Å². The van der Waals surface area contributed by atoms with Crippen LogP contribution in [0.2, 0.25) is 5.02 Å². The fourth-order valence-electron chi connectivity index (χ4n) is 2.91. The first-order chi connectivity index (χ1) is 11.1. The van der Waals surface area contributed by atoms with Gasteiger partial charge in [0, 0.05) is 21.0 Å². The molecule has 0 spiro atoms. The standard InChI is InChI=1S/C18H9BrClNO2/c19-13-9-8-12-16-10(13)4-3-5-11(16)17(22)21(18(12)23)15-7-2-1-6-14(15)20/h1-9H. The molecule has 112 valence electrons. The Kier molecular flexibility index (Phi) is 3.25. The molecule has 0 N–H and O–H groups in total. The smallest absolute Gasteiger partial charge is 0.266 e. The molecule has 2 amide bonds. The van der Waals surface area contributed by atoms with Gasteiger partial charge >= 0.3 is 0 Å². The van der Waals surface area contributed by atoms with Crippen molar-refractivity contribution in [2.24, 2.45) is 0 Å². The molecular weight excluding hydrogens is 378 g/mol. The van der Waals surface area contributed by atoms with Crippen molar-refractivity contribution in [3.63, 3.8) is 0 Å². The van der Waals surface area contributed by atoms with Gasteiger partial charge in [-0.05, 0) is 35.7 Å². The highest BCUT2D eigenvalue weighted by Crippen LogP contribution is 2.37. The number of carbonyl (C=O) groups excluding carboxylic acids is 2. The minimum atomic E-state index is -0.362. The summed E-state index contributed by atoms with van der Waals surface area (Å²) in [5.41, 5.74) is 1.39. The fourth-order valence-corrected chi connectivity index (χ4v) is 3.60. The number of anilines is 1. The van der Waals surface area contributed by atoms with E-state index >= 15 is 0 Å². The van der Waals surface area contributed by atoms with E-state index in [0.717, 1.165) is 14.8 Å². The van der Waals surface area contributed by atoms with Crippen LogP contribution in [0.5, 0.6) is 0 Å². The second-order valence-electron chi connectivity index (χ2n) is 5.22. The van der Waals surface area contributed by atoms with Crippen molar-refractivity contribution < 1.29 is 9.59 Å². The summed E-state index contributed by atoms with van der Waals surface area (Å²) in [6, 6.07) is 15.8. The number of benzene rings is 3. The highest BCUT2D eigenvalue weighted by Gasteiger charge is 2.35. The molecule has 0 unspecified atom stereocenters. The van der Waals surface area contributed by atoms with Crippen molar-refractivity contribution >= 4 is 55.8 Å². The van der Waals surface area contributed by atoms with Crippen LogP contribution < -0.4 is 4.90 Å². The Morgan fingerprint density at radius 3 is 2.26 bits per heavy atom. The van der Waals surface area contributed by atoms with Gasteiger partial charge in [0.15, 0.2) is 0 Å². The third-order valence-corrected chi connectivity index (χ3v) is 4.96. The Labute approximate surface area is 145 Å². The third kappa shape index (κ3) is 2.02. The maximum Gasteiger partial charge on any atom is 0.266 e. The molecule has 23 heavy (non-hydrogen) atoms. The number of hydrogen-bond donors (Lipinski definition) is 0. The quantitative estimate of drug-likeness (QED) is 0.548. The Morgan fingerprint density at radius 1 is 0.826 bits per heavy atom. The van der Waals surface area contributed by atoms with Gasteiger partial charge in [-0.1, -0.05) is 51.8 Å². The zero-order valence-electron chi connectivity index (χ0n) is 11.7. The van der Waals surface area contributed by atoms with Crippen LogP contribution in [-0.4, -0.2) is 11.8 Å². The molecule has 3 nitrogen and oxygen atoms in total. The van der Waals surface area contributed by atoms with E-state index in [1.54, 1.807) is 36.4 Å². The molecule has 0 bridgehead atoms. The van der Waals surface area contributed by atoms with Crippen LogP contribution in [0.3, 0.4) is 0 Å². The molecular formula is C18H9BrClNO2. The number of imide groups is 1. The summed E-state index contributed by atoms with van der Waals surface area (Å²) in [7, 11) is 0. The zero-order valence-corrected chi connectivity index (χ0v) is 14.1. The molecule has 0 atom stereocenters. The maximum absolute atomic E-state index is 12.9. The summed E-state index contributed by atoms with van der Waals surface area (Å²) in [6.45, 7) is 0. The fraction of sp³-hybridized carbons (Fsp3) is 0. The van der Waals surface area contributed by atoms with Gasteiger partial charge in [0.1, 0.15) is 0 Å². The summed E-state index contributed by atoms with van der Waals surface area (Å²) in [6.07, 6.45) is 0. The number of nitrogens with zero attached hydrogens (tertiary/aromatic N) is 1. The SMILES string of the molecule is O=C1c2cccc3c(Br)ccc(c23)C(=O)N1c1ccccc1Cl. The minimum Gasteiger partial charge on any atom is -0.268 e. The molecule has 1 aliphatic heterocycles. The molecule has 3 aromatic rings. The predicted molar refractivity (Wildman–Crippen MR) is 94.2 cm³/mol. The van der Waals surface area contributed by atoms with Gasteiger partial charge in [-0.25, -0.2) is 4.90 Å². The maximum atomic E-state index is 12.9. The lowest BCUT2D eigenvalue weighted by Gasteiger charge is -2.28. The van der Waals surface area contributed by atoms with Gasteiger partial charge in [-0.15, -0.1) is 0 Å². The van der Waals surface area contributed by atoms with Crippen molar-refractivity contribution in [1.29, 1.82) is 0 Å². The summed E-state index contributed by atoms with van der Waals surface area (Å²) in [5.74, 6) is -0.724. The average molecular weight is 387 g/mol. The van der Waals surface area contributed by atoms with Crippen molar-refractivity contribution in [1.82, 2.24) is 0 Å². The topological polar surface area (TPSA) is 37.4 Å². The van der Waals surface area contributed by atoms with Crippen LogP contribution in [-0.2, 0) is 0 Å². The monoisotopic (exact) mass is 385 g/mol. The largest absolute Gasteiger partial charge is 0.268 e. The molecule has 0 aromatic heterocycles. The lowest BCUT2D eigenvalue weighted by atomic mass is 9.94. The van der Waals surface area contributed by atoms with E-state index in [9.17, 15) is 9.59 Å². The second kappa shape index (κ2) is 5.18. The number of amides is 2. The predicted octanol–water partition coefficient (Wildman–Crippen LogP) is 5.06. The summed E-state index contributed by atoms with van der Waals surface area (Å²) in [5, 5.41) is 1.89. The number of rotatable bonds is 1. The van der Waals surface area contributed by atoms with Gasteiger partial charge in [0.05, 0.1) is 10.7 Å². The van der Waals surface area contributed by atoms with E-state index in [2.05, 4.69) is 15.9 Å². The molecule has 0 saturated carbocycles. The molecule has 1 heterocycles.